The number of carbonyl (C=O) groups is 5. The molecule has 12 nitrogen and oxygen atoms in total. The van der Waals surface area contributed by atoms with Gasteiger partial charge in [-0.2, -0.15) is 0 Å². The summed E-state index contributed by atoms with van der Waals surface area (Å²) in [7, 11) is 1.68. The van der Waals surface area contributed by atoms with Gasteiger partial charge in [0.05, 0.1) is 24.4 Å². The van der Waals surface area contributed by atoms with Crippen LogP contribution >= 0.6 is 11.6 Å². The Kier molecular flexibility index (Phi) is 11.4. The van der Waals surface area contributed by atoms with Crippen LogP contribution in [0.15, 0.2) is 29.4 Å². The fraction of sp³-hybridized carbons (Fsp3) is 0.667. The lowest BCUT2D eigenvalue weighted by atomic mass is 9.83. The smallest absolute Gasteiger partial charge is 0.289 e. The summed E-state index contributed by atoms with van der Waals surface area (Å²) in [5.41, 5.74) is -0.311. The zero-order chi connectivity index (χ0) is 35.5. The maximum atomic E-state index is 14.6. The lowest BCUT2D eigenvalue weighted by molar-refractivity contribution is -0.146. The number of amides is 4. The minimum Gasteiger partial charge on any atom is -0.387 e. The number of nitrogens with one attached hydrogen (secondary N) is 3. The average molecular weight is 700 g/mol. The number of hydrogen-bond acceptors (Lipinski definition) is 8. The van der Waals surface area contributed by atoms with E-state index in [9.17, 15) is 24.0 Å². The van der Waals surface area contributed by atoms with Gasteiger partial charge in [-0.05, 0) is 62.5 Å². The normalized spacial score (nSPS) is 26.4. The molecule has 0 radical (unpaired) electrons. The third-order valence-corrected chi connectivity index (χ3v) is 10.3. The van der Waals surface area contributed by atoms with Crippen molar-refractivity contribution >= 4 is 46.7 Å². The van der Waals surface area contributed by atoms with Gasteiger partial charge in [0.1, 0.15) is 12.1 Å². The van der Waals surface area contributed by atoms with Gasteiger partial charge in [-0.1, -0.05) is 63.0 Å². The molecule has 1 aromatic carbocycles. The first-order valence-electron chi connectivity index (χ1n) is 17.5. The molecule has 49 heavy (non-hydrogen) atoms. The highest BCUT2D eigenvalue weighted by Crippen LogP contribution is 2.40. The summed E-state index contributed by atoms with van der Waals surface area (Å²) in [6.07, 6.45) is 5.85. The molecule has 1 spiro atoms. The van der Waals surface area contributed by atoms with E-state index < -0.39 is 52.6 Å². The van der Waals surface area contributed by atoms with Crippen LogP contribution in [0.4, 0.5) is 0 Å². The van der Waals surface area contributed by atoms with E-state index >= 15 is 0 Å². The number of benzene rings is 1. The largest absolute Gasteiger partial charge is 0.387 e. The van der Waals surface area contributed by atoms with Crippen LogP contribution in [0.25, 0.3) is 0 Å². The molecule has 1 saturated heterocycles. The summed E-state index contributed by atoms with van der Waals surface area (Å²) >= 11 is 6.25. The predicted molar refractivity (Wildman–Crippen MR) is 184 cm³/mol. The molecule has 1 aromatic rings. The van der Waals surface area contributed by atoms with E-state index in [1.165, 1.54) is 4.90 Å². The lowest BCUT2D eigenvalue weighted by Crippen LogP contribution is -2.59. The van der Waals surface area contributed by atoms with Gasteiger partial charge in [0.15, 0.2) is 5.60 Å². The van der Waals surface area contributed by atoms with E-state index in [1.54, 1.807) is 19.2 Å². The molecule has 0 aromatic heterocycles. The number of Topliss-reactive ketones (excluding diaryl/α,β-unsaturated/α-hetero) is 1. The molecule has 2 heterocycles. The molecular weight excluding hydrogens is 650 g/mol. The molecule has 4 aliphatic rings. The van der Waals surface area contributed by atoms with E-state index in [0.29, 0.717) is 36.4 Å². The van der Waals surface area contributed by atoms with Gasteiger partial charge in [-0.15, -0.1) is 0 Å². The van der Waals surface area contributed by atoms with Crippen molar-refractivity contribution < 1.29 is 33.5 Å². The van der Waals surface area contributed by atoms with Crippen molar-refractivity contribution in [1.82, 2.24) is 20.9 Å². The van der Waals surface area contributed by atoms with Crippen molar-refractivity contribution in [2.75, 3.05) is 13.7 Å². The third-order valence-electron chi connectivity index (χ3n) is 10.1. The second-order valence-electron chi connectivity index (χ2n) is 15.2. The van der Waals surface area contributed by atoms with Gasteiger partial charge in [0, 0.05) is 42.5 Å². The minimum absolute atomic E-state index is 0.00926. The molecule has 2 aliphatic heterocycles. The van der Waals surface area contributed by atoms with Crippen LogP contribution in [0.5, 0.6) is 0 Å². The number of hydrogen-bond donors (Lipinski definition) is 3. The number of rotatable bonds is 12. The molecular formula is C36H50ClN5O7. The molecule has 13 heteroatoms. The van der Waals surface area contributed by atoms with Gasteiger partial charge in [-0.25, -0.2) is 0 Å². The Morgan fingerprint density at radius 1 is 1.06 bits per heavy atom. The van der Waals surface area contributed by atoms with Crippen molar-refractivity contribution in [3.05, 3.63) is 34.9 Å². The lowest BCUT2D eigenvalue weighted by Gasteiger charge is -2.37. The first kappa shape index (κ1) is 36.8. The fourth-order valence-corrected chi connectivity index (χ4v) is 7.25. The minimum atomic E-state index is -1.05. The van der Waals surface area contributed by atoms with Crippen LogP contribution in [0, 0.1) is 11.3 Å². The molecule has 4 atom stereocenters. The number of oxime groups is 1. The maximum absolute atomic E-state index is 14.6. The molecule has 2 saturated carbocycles. The second-order valence-corrected chi connectivity index (χ2v) is 15.6. The number of nitrogens with zero attached hydrogens (tertiary/aromatic N) is 2. The van der Waals surface area contributed by atoms with Crippen LogP contribution in [-0.4, -0.2) is 89.6 Å². The number of halogens is 1. The molecule has 2 aliphatic carbocycles. The summed E-state index contributed by atoms with van der Waals surface area (Å²) in [6, 6.07) is 4.18. The van der Waals surface area contributed by atoms with Crippen LogP contribution in [0.1, 0.15) is 97.5 Å². The van der Waals surface area contributed by atoms with E-state index in [4.69, 9.17) is 21.2 Å². The molecule has 3 N–H and O–H groups in total. The first-order chi connectivity index (χ1) is 23.2. The molecule has 4 amide bonds. The SMILES string of the molecule is CCC[C@H](NC(=O)[C@@H]1CC2(CC(c3cccc(Cl)c3)=NO2)CN1C(=O)[C@@H](NC(=O)C1CCC(OC)CC1)C(C)(C)C)C(=O)C(=O)NC1CC1. The highest BCUT2D eigenvalue weighted by Gasteiger charge is 2.56. The van der Waals surface area contributed by atoms with Gasteiger partial charge < -0.3 is 30.4 Å². The number of ketones is 1. The zero-order valence-corrected chi connectivity index (χ0v) is 29.9. The van der Waals surface area contributed by atoms with Gasteiger partial charge in [-0.3, -0.25) is 24.0 Å². The Balaban J connectivity index is 1.39. The van der Waals surface area contributed by atoms with E-state index in [2.05, 4.69) is 21.1 Å². The predicted octanol–water partition coefficient (Wildman–Crippen LogP) is 3.67. The zero-order valence-electron chi connectivity index (χ0n) is 29.2. The quantitative estimate of drug-likeness (QED) is 0.281. The topological polar surface area (TPSA) is 156 Å². The highest BCUT2D eigenvalue weighted by atomic mass is 35.5. The van der Waals surface area contributed by atoms with E-state index in [1.807, 2.05) is 39.8 Å². The summed E-state index contributed by atoms with van der Waals surface area (Å²) in [5, 5.41) is 13.5. The molecule has 0 bridgehead atoms. The van der Waals surface area contributed by atoms with Crippen molar-refractivity contribution in [3.63, 3.8) is 0 Å². The monoisotopic (exact) mass is 699 g/mol. The first-order valence-corrected chi connectivity index (χ1v) is 17.9. The van der Waals surface area contributed by atoms with Crippen LogP contribution in [0.3, 0.4) is 0 Å². The fourth-order valence-electron chi connectivity index (χ4n) is 7.06. The summed E-state index contributed by atoms with van der Waals surface area (Å²) in [4.78, 5) is 75.7. The van der Waals surface area contributed by atoms with Gasteiger partial charge >= 0.3 is 0 Å². The van der Waals surface area contributed by atoms with Crippen LogP contribution < -0.4 is 16.0 Å². The Morgan fingerprint density at radius 3 is 2.39 bits per heavy atom. The Hall–Kier alpha value is -3.51. The Morgan fingerprint density at radius 2 is 1.78 bits per heavy atom. The van der Waals surface area contributed by atoms with Crippen LogP contribution in [-0.2, 0) is 33.5 Å². The van der Waals surface area contributed by atoms with E-state index in [-0.39, 0.29) is 43.4 Å². The van der Waals surface area contributed by atoms with Gasteiger partial charge in [0.25, 0.3) is 5.91 Å². The van der Waals surface area contributed by atoms with Crippen molar-refractivity contribution in [3.8, 4) is 0 Å². The summed E-state index contributed by atoms with van der Waals surface area (Å²) in [6.45, 7) is 7.52. The van der Waals surface area contributed by atoms with Crippen molar-refractivity contribution in [2.24, 2.45) is 16.5 Å². The molecule has 3 fully saturated rings. The number of carbonyl (C=O) groups excluding carboxylic acids is 5. The highest BCUT2D eigenvalue weighted by molar-refractivity contribution is 6.38. The molecule has 1 unspecified atom stereocenters. The van der Waals surface area contributed by atoms with Gasteiger partial charge in [0.2, 0.25) is 23.5 Å². The number of ether oxygens (including phenoxy) is 1. The Bertz CT molecular complexity index is 1470. The Labute approximate surface area is 293 Å². The summed E-state index contributed by atoms with van der Waals surface area (Å²) in [5.74, 6) is -2.86. The summed E-state index contributed by atoms with van der Waals surface area (Å²) < 4.78 is 5.47. The number of likely N-dealkylation sites (tertiary alicyclic amines) is 1. The van der Waals surface area contributed by atoms with E-state index in [0.717, 1.165) is 31.2 Å². The number of methoxy groups -OCH3 is 1. The van der Waals surface area contributed by atoms with Crippen molar-refractivity contribution in [1.29, 1.82) is 0 Å². The van der Waals surface area contributed by atoms with Crippen molar-refractivity contribution in [2.45, 2.75) is 128 Å². The average Bonchev–Trinajstić information content (AvgIpc) is 3.66. The molecule has 268 valence electrons. The third kappa shape index (κ3) is 8.81. The molecule has 5 rings (SSSR count). The standard InChI is InChI=1S/C36H50ClN5O7/c1-6-8-26(29(43)33(46)38-24-13-14-24)39-32(45)28-19-36(18-27(41-49-36)22-9-7-10-23(37)17-22)20-42(28)34(47)30(35(2,3)4)40-31(44)21-11-15-25(48-5)16-12-21/h7,9-10,17,21,24-26,28,30H,6,8,11-16,18-20H2,1-5H3,(H,38,46)(H,39,45)(H,40,44)/t21?,25?,26-,28-,30+,36?/m0/s1. The second kappa shape index (κ2) is 15.2. The maximum Gasteiger partial charge on any atom is 0.289 e. The van der Waals surface area contributed by atoms with Crippen LogP contribution in [0.2, 0.25) is 5.02 Å².